The van der Waals surface area contributed by atoms with Crippen molar-refractivity contribution in [3.8, 4) is 56.0 Å². The lowest BCUT2D eigenvalue weighted by molar-refractivity contribution is 0.794. The number of aromatic nitrogens is 2. The lowest BCUT2D eigenvalue weighted by Gasteiger charge is -2.30. The molecule has 0 saturated carbocycles. The van der Waals surface area contributed by atoms with Gasteiger partial charge in [0.25, 0.3) is 0 Å². The van der Waals surface area contributed by atoms with Crippen molar-refractivity contribution in [1.82, 2.24) is 9.97 Å². The normalized spacial score (nSPS) is 13.6. The Labute approximate surface area is 293 Å². The molecule has 1 heterocycles. The zero-order chi connectivity index (χ0) is 33.7. The van der Waals surface area contributed by atoms with E-state index in [2.05, 4.69) is 153 Å². The molecule has 2 nitrogen and oxygen atoms in total. The van der Waals surface area contributed by atoms with Gasteiger partial charge in [-0.2, -0.15) is 0 Å². The van der Waals surface area contributed by atoms with Crippen LogP contribution >= 0.6 is 0 Å². The second kappa shape index (κ2) is 11.9. The Hall–Kier alpha value is -6.38. The van der Waals surface area contributed by atoms with Crippen LogP contribution in [0.4, 0.5) is 0 Å². The molecule has 0 unspecified atom stereocenters. The third kappa shape index (κ3) is 4.57. The van der Waals surface area contributed by atoms with Gasteiger partial charge in [-0.05, 0) is 86.3 Å². The molecular weight excluding hydrogens is 605 g/mol. The molecular formula is C48H34N2. The van der Waals surface area contributed by atoms with Gasteiger partial charge < -0.3 is 0 Å². The zero-order valence-electron chi connectivity index (χ0n) is 27.8. The number of hydrogen-bond donors (Lipinski definition) is 0. The summed E-state index contributed by atoms with van der Waals surface area (Å²) in [5, 5.41) is 0. The van der Waals surface area contributed by atoms with Gasteiger partial charge in [0.2, 0.25) is 0 Å². The van der Waals surface area contributed by atoms with Crippen LogP contribution in [0.15, 0.2) is 183 Å². The summed E-state index contributed by atoms with van der Waals surface area (Å²) in [6.45, 7) is 5.89. The summed E-state index contributed by atoms with van der Waals surface area (Å²) in [7, 11) is 0. The van der Waals surface area contributed by atoms with Gasteiger partial charge >= 0.3 is 0 Å². The number of fused-ring (bicyclic) bond motifs is 10. The monoisotopic (exact) mass is 638 g/mol. The van der Waals surface area contributed by atoms with E-state index < -0.39 is 0 Å². The van der Waals surface area contributed by atoms with E-state index in [1.807, 2.05) is 30.4 Å². The van der Waals surface area contributed by atoms with E-state index in [1.165, 1.54) is 50.1 Å². The highest BCUT2D eigenvalue weighted by atomic mass is 14.9. The molecule has 6 aromatic carbocycles. The number of benzene rings is 6. The fourth-order valence-corrected chi connectivity index (χ4v) is 8.01. The van der Waals surface area contributed by atoms with Crippen LogP contribution in [0.25, 0.3) is 61.6 Å². The Morgan fingerprint density at radius 1 is 0.500 bits per heavy atom. The van der Waals surface area contributed by atoms with Gasteiger partial charge in [-0.15, -0.1) is 0 Å². The summed E-state index contributed by atoms with van der Waals surface area (Å²) in [6.07, 6.45) is 7.76. The first-order valence-corrected chi connectivity index (χ1v) is 17.1. The summed E-state index contributed by atoms with van der Waals surface area (Å²) in [5.41, 5.74) is 17.5. The van der Waals surface area contributed by atoms with Crippen molar-refractivity contribution in [2.24, 2.45) is 0 Å². The maximum Gasteiger partial charge on any atom is 0.160 e. The van der Waals surface area contributed by atoms with Crippen molar-refractivity contribution in [3.63, 3.8) is 0 Å². The molecule has 0 saturated heterocycles. The SMILES string of the molecule is C=C/C=C\C=C(/C)c1cc(-c2cccc(-c3ccc4c(c3)C3(c5ccccc5-c5ccccc53)c3ccccc3-4)c2)nc(-c2ccccc2)n1. The van der Waals surface area contributed by atoms with Gasteiger partial charge in [0.15, 0.2) is 5.82 Å². The molecule has 1 aromatic heterocycles. The molecule has 2 aliphatic carbocycles. The van der Waals surface area contributed by atoms with Crippen LogP contribution in [-0.4, -0.2) is 9.97 Å². The molecule has 0 fully saturated rings. The smallest absolute Gasteiger partial charge is 0.160 e. The molecule has 2 aliphatic rings. The van der Waals surface area contributed by atoms with Crippen molar-refractivity contribution >= 4 is 5.57 Å². The molecule has 0 aliphatic heterocycles. The van der Waals surface area contributed by atoms with Crippen molar-refractivity contribution < 1.29 is 0 Å². The van der Waals surface area contributed by atoms with Crippen LogP contribution in [-0.2, 0) is 5.41 Å². The van der Waals surface area contributed by atoms with E-state index in [0.29, 0.717) is 5.82 Å². The molecule has 2 heteroatoms. The highest BCUT2D eigenvalue weighted by Crippen LogP contribution is 2.63. The number of allylic oxidation sites excluding steroid dienone is 5. The summed E-state index contributed by atoms with van der Waals surface area (Å²) >= 11 is 0. The average molecular weight is 639 g/mol. The Morgan fingerprint density at radius 2 is 1.06 bits per heavy atom. The number of rotatable bonds is 6. The Balaban J connectivity index is 1.21. The Morgan fingerprint density at radius 3 is 1.72 bits per heavy atom. The number of hydrogen-bond acceptors (Lipinski definition) is 2. The first-order valence-electron chi connectivity index (χ1n) is 17.1. The summed E-state index contributed by atoms with van der Waals surface area (Å²) < 4.78 is 0. The lowest BCUT2D eigenvalue weighted by atomic mass is 9.70. The van der Waals surface area contributed by atoms with E-state index in [0.717, 1.165) is 33.7 Å². The van der Waals surface area contributed by atoms with Crippen LogP contribution in [0, 0.1) is 0 Å². The molecule has 0 bridgehead atoms. The quantitative estimate of drug-likeness (QED) is 0.169. The van der Waals surface area contributed by atoms with Crippen molar-refractivity contribution in [2.75, 3.05) is 0 Å². The first kappa shape index (κ1) is 29.7. The van der Waals surface area contributed by atoms with Gasteiger partial charge in [-0.25, -0.2) is 9.97 Å². The Kier molecular flexibility index (Phi) is 7.10. The topological polar surface area (TPSA) is 25.8 Å². The van der Waals surface area contributed by atoms with Gasteiger partial charge in [0.05, 0.1) is 16.8 Å². The van der Waals surface area contributed by atoms with Crippen molar-refractivity contribution in [2.45, 2.75) is 12.3 Å². The molecule has 50 heavy (non-hydrogen) atoms. The third-order valence-electron chi connectivity index (χ3n) is 10.2. The average Bonchev–Trinajstić information content (AvgIpc) is 3.65. The van der Waals surface area contributed by atoms with Gasteiger partial charge in [-0.3, -0.25) is 0 Å². The summed E-state index contributed by atoms with van der Waals surface area (Å²) in [4.78, 5) is 10.1. The van der Waals surface area contributed by atoms with Gasteiger partial charge in [0.1, 0.15) is 0 Å². The third-order valence-corrected chi connectivity index (χ3v) is 10.2. The van der Waals surface area contributed by atoms with Crippen molar-refractivity contribution in [1.29, 1.82) is 0 Å². The van der Waals surface area contributed by atoms with Crippen LogP contribution in [0.5, 0.6) is 0 Å². The van der Waals surface area contributed by atoms with Crippen LogP contribution in [0.2, 0.25) is 0 Å². The van der Waals surface area contributed by atoms with Gasteiger partial charge in [-0.1, -0.05) is 164 Å². The highest BCUT2D eigenvalue weighted by molar-refractivity contribution is 5.96. The maximum absolute atomic E-state index is 5.11. The van der Waals surface area contributed by atoms with E-state index in [9.17, 15) is 0 Å². The molecule has 7 aromatic rings. The largest absolute Gasteiger partial charge is 0.228 e. The second-order valence-electron chi connectivity index (χ2n) is 13.0. The minimum atomic E-state index is -0.372. The first-order chi connectivity index (χ1) is 24.7. The molecule has 1 spiro atoms. The summed E-state index contributed by atoms with van der Waals surface area (Å²) in [6, 6.07) is 55.0. The fourth-order valence-electron chi connectivity index (χ4n) is 8.01. The molecule has 0 amide bonds. The number of nitrogens with zero attached hydrogens (tertiary/aromatic N) is 2. The van der Waals surface area contributed by atoms with E-state index in [1.54, 1.807) is 6.08 Å². The van der Waals surface area contributed by atoms with Crippen LogP contribution in [0.3, 0.4) is 0 Å². The minimum Gasteiger partial charge on any atom is -0.228 e. The maximum atomic E-state index is 5.11. The Bertz CT molecular complexity index is 2450. The molecule has 236 valence electrons. The molecule has 0 radical (unpaired) electrons. The standard InChI is InChI=1S/C48H34N2/c1-3-4-6-16-32(2)45-31-46(50-47(49-45)33-17-7-5-8-18-33)36-20-15-19-34(29-36)35-27-28-40-39-23-11-14-26-43(39)48(44(40)30-35)41-24-12-9-21-37(41)38-22-10-13-25-42(38)48/h3-31H,1H2,2H3/b6-4-,32-16+. The summed E-state index contributed by atoms with van der Waals surface area (Å²) in [5.74, 6) is 0.708. The molecule has 0 N–H and O–H groups in total. The van der Waals surface area contributed by atoms with Crippen LogP contribution in [0.1, 0.15) is 34.9 Å². The lowest BCUT2D eigenvalue weighted by Crippen LogP contribution is -2.25. The fraction of sp³-hybridized carbons (Fsp3) is 0.0417. The minimum absolute atomic E-state index is 0.372. The molecule has 9 rings (SSSR count). The van der Waals surface area contributed by atoms with Gasteiger partial charge in [0, 0.05) is 11.1 Å². The van der Waals surface area contributed by atoms with E-state index in [4.69, 9.17) is 9.97 Å². The van der Waals surface area contributed by atoms with E-state index >= 15 is 0 Å². The van der Waals surface area contributed by atoms with Crippen LogP contribution < -0.4 is 0 Å². The predicted molar refractivity (Wildman–Crippen MR) is 208 cm³/mol. The second-order valence-corrected chi connectivity index (χ2v) is 13.0. The molecule has 0 atom stereocenters. The zero-order valence-corrected chi connectivity index (χ0v) is 27.8. The van der Waals surface area contributed by atoms with Crippen molar-refractivity contribution in [3.05, 3.63) is 210 Å². The predicted octanol–water partition coefficient (Wildman–Crippen LogP) is 12.0. The van der Waals surface area contributed by atoms with E-state index in [-0.39, 0.29) is 5.41 Å². The highest BCUT2D eigenvalue weighted by Gasteiger charge is 2.51.